The summed E-state index contributed by atoms with van der Waals surface area (Å²) in [5, 5.41) is 6.13. The van der Waals surface area contributed by atoms with E-state index in [1.165, 1.54) is 11.1 Å². The fraction of sp³-hybridized carbons (Fsp3) is 0.462. The summed E-state index contributed by atoms with van der Waals surface area (Å²) in [6, 6.07) is 18.3. The van der Waals surface area contributed by atoms with E-state index in [-0.39, 0.29) is 29.3 Å². The molecule has 2 fully saturated rings. The Morgan fingerprint density at radius 1 is 1.03 bits per heavy atom. The molecular formula is C26H34N4O2. The molecule has 6 heteroatoms. The zero-order valence-electron chi connectivity index (χ0n) is 19.3. The molecule has 1 spiro atoms. The van der Waals surface area contributed by atoms with Crippen molar-refractivity contribution in [2.45, 2.75) is 39.8 Å². The van der Waals surface area contributed by atoms with E-state index in [1.54, 1.807) is 0 Å². The van der Waals surface area contributed by atoms with Crippen LogP contribution in [0, 0.1) is 11.3 Å². The number of carbonyl (C=O) groups is 2. The smallest absolute Gasteiger partial charge is 0.321 e. The molecule has 2 N–H and O–H groups in total. The summed E-state index contributed by atoms with van der Waals surface area (Å²) in [5.74, 6) is -0.00708. The third kappa shape index (κ3) is 4.80. The van der Waals surface area contributed by atoms with Gasteiger partial charge in [-0.2, -0.15) is 0 Å². The van der Waals surface area contributed by atoms with Crippen LogP contribution in [0.3, 0.4) is 0 Å². The predicted octanol–water partition coefficient (Wildman–Crippen LogP) is 3.74. The summed E-state index contributed by atoms with van der Waals surface area (Å²) >= 11 is 0. The van der Waals surface area contributed by atoms with Gasteiger partial charge in [0, 0.05) is 49.9 Å². The lowest BCUT2D eigenvalue weighted by Gasteiger charge is -2.50. The number of amides is 3. The molecule has 2 aromatic rings. The number of aryl methyl sites for hydroxylation is 1. The van der Waals surface area contributed by atoms with Crippen molar-refractivity contribution in [3.05, 3.63) is 65.7 Å². The van der Waals surface area contributed by atoms with E-state index in [4.69, 9.17) is 0 Å². The van der Waals surface area contributed by atoms with Gasteiger partial charge in [-0.05, 0) is 43.5 Å². The normalized spacial score (nSPS) is 19.8. The van der Waals surface area contributed by atoms with Gasteiger partial charge in [-0.25, -0.2) is 4.79 Å². The van der Waals surface area contributed by atoms with Gasteiger partial charge in [0.25, 0.3) is 0 Å². The maximum Gasteiger partial charge on any atom is 0.321 e. The highest BCUT2D eigenvalue weighted by molar-refractivity contribution is 5.90. The van der Waals surface area contributed by atoms with Crippen LogP contribution in [0.2, 0.25) is 0 Å². The van der Waals surface area contributed by atoms with Crippen LogP contribution in [0.5, 0.6) is 0 Å². The number of anilines is 1. The number of rotatable bonds is 6. The summed E-state index contributed by atoms with van der Waals surface area (Å²) < 4.78 is 0. The van der Waals surface area contributed by atoms with Gasteiger partial charge in [0.05, 0.1) is 5.92 Å². The van der Waals surface area contributed by atoms with Crippen molar-refractivity contribution in [3.63, 3.8) is 0 Å². The Morgan fingerprint density at radius 3 is 2.44 bits per heavy atom. The lowest BCUT2D eigenvalue weighted by molar-refractivity contribution is -0.131. The van der Waals surface area contributed by atoms with Gasteiger partial charge < -0.3 is 15.5 Å². The van der Waals surface area contributed by atoms with Gasteiger partial charge in [-0.3, -0.25) is 9.69 Å². The van der Waals surface area contributed by atoms with Gasteiger partial charge in [0.1, 0.15) is 0 Å². The van der Waals surface area contributed by atoms with E-state index < -0.39 is 0 Å². The maximum atomic E-state index is 13.0. The molecule has 6 nitrogen and oxygen atoms in total. The Hall–Kier alpha value is -2.86. The molecule has 2 aliphatic rings. The van der Waals surface area contributed by atoms with Crippen LogP contribution in [-0.2, 0) is 17.8 Å². The number of carbonyl (C=O) groups excluding carboxylic acids is 2. The van der Waals surface area contributed by atoms with Crippen molar-refractivity contribution in [2.24, 2.45) is 11.3 Å². The molecule has 0 radical (unpaired) electrons. The molecule has 3 amide bonds. The molecule has 4 rings (SSSR count). The van der Waals surface area contributed by atoms with Gasteiger partial charge in [0.15, 0.2) is 0 Å². The first-order valence-electron chi connectivity index (χ1n) is 11.6. The van der Waals surface area contributed by atoms with Crippen LogP contribution in [0.4, 0.5) is 10.5 Å². The van der Waals surface area contributed by atoms with Gasteiger partial charge in [0.2, 0.25) is 5.91 Å². The lowest BCUT2D eigenvalue weighted by Crippen LogP contribution is -2.65. The fourth-order valence-corrected chi connectivity index (χ4v) is 5.03. The van der Waals surface area contributed by atoms with E-state index in [9.17, 15) is 9.59 Å². The van der Waals surface area contributed by atoms with E-state index >= 15 is 0 Å². The number of urea groups is 1. The Kier molecular flexibility index (Phi) is 6.51. The molecule has 170 valence electrons. The van der Waals surface area contributed by atoms with Crippen LogP contribution in [0.15, 0.2) is 54.6 Å². The molecule has 0 aromatic heterocycles. The van der Waals surface area contributed by atoms with Crippen molar-refractivity contribution < 1.29 is 9.59 Å². The zero-order chi connectivity index (χ0) is 22.7. The van der Waals surface area contributed by atoms with Crippen molar-refractivity contribution >= 4 is 17.6 Å². The monoisotopic (exact) mass is 434 g/mol. The van der Waals surface area contributed by atoms with Crippen LogP contribution < -0.4 is 10.6 Å². The van der Waals surface area contributed by atoms with Gasteiger partial charge in [-0.1, -0.05) is 49.4 Å². The Bertz CT molecular complexity index is 953. The minimum absolute atomic E-state index is 0.0894. The molecule has 1 unspecified atom stereocenters. The van der Waals surface area contributed by atoms with E-state index in [0.717, 1.165) is 31.7 Å². The molecule has 0 bridgehead atoms. The second-order valence-electron chi connectivity index (χ2n) is 9.57. The summed E-state index contributed by atoms with van der Waals surface area (Å²) in [5.41, 5.74) is 3.08. The molecule has 2 aromatic carbocycles. The average molecular weight is 435 g/mol. The first-order chi connectivity index (χ1) is 15.4. The third-order valence-corrected chi connectivity index (χ3v) is 6.60. The van der Waals surface area contributed by atoms with E-state index in [2.05, 4.69) is 40.7 Å². The summed E-state index contributed by atoms with van der Waals surface area (Å²) in [4.78, 5) is 30.1. The Balaban J connectivity index is 1.43. The average Bonchev–Trinajstić information content (AvgIpc) is 3.12. The largest absolute Gasteiger partial charge is 0.354 e. The number of nitrogens with zero attached hydrogens (tertiary/aromatic N) is 2. The number of benzene rings is 2. The number of nitrogens with one attached hydrogen (secondary N) is 2. The topological polar surface area (TPSA) is 64.7 Å². The maximum absolute atomic E-state index is 13.0. The van der Waals surface area contributed by atoms with Crippen molar-refractivity contribution in [1.29, 1.82) is 0 Å². The van der Waals surface area contributed by atoms with Crippen LogP contribution in [0.1, 0.15) is 31.9 Å². The molecule has 1 atom stereocenters. The molecular weight excluding hydrogens is 400 g/mol. The Morgan fingerprint density at radius 2 is 1.75 bits per heavy atom. The third-order valence-electron chi connectivity index (χ3n) is 6.60. The predicted molar refractivity (Wildman–Crippen MR) is 127 cm³/mol. The molecule has 2 aliphatic heterocycles. The van der Waals surface area contributed by atoms with Crippen molar-refractivity contribution in [1.82, 2.24) is 15.1 Å². The second-order valence-corrected chi connectivity index (χ2v) is 9.57. The quantitative estimate of drug-likeness (QED) is 0.728. The molecule has 32 heavy (non-hydrogen) atoms. The van der Waals surface area contributed by atoms with Gasteiger partial charge in [-0.15, -0.1) is 0 Å². The van der Waals surface area contributed by atoms with Crippen molar-refractivity contribution in [3.8, 4) is 0 Å². The second kappa shape index (κ2) is 9.33. The summed E-state index contributed by atoms with van der Waals surface area (Å²) in [6.45, 7) is 9.67. The number of likely N-dealkylation sites (tertiary alicyclic amines) is 2. The first-order valence-corrected chi connectivity index (χ1v) is 11.6. The highest BCUT2D eigenvalue weighted by Gasteiger charge is 2.57. The SMILES string of the molecule is CCc1cccc(NC(=O)N2CC3(CN(Cc4ccccc4)CC3C(=O)NC(C)C)C2)c1. The standard InChI is InChI=1S/C26H34N4O2/c1-4-20-11-8-12-22(13-20)28-25(32)30-17-26(18-30)16-29(14-21-9-6-5-7-10-21)15-23(26)24(31)27-19(2)3/h5-13,19,23H,4,14-18H2,1-3H3,(H,27,31)(H,28,32). The first kappa shape index (κ1) is 22.3. The molecule has 2 saturated heterocycles. The van der Waals surface area contributed by atoms with Crippen LogP contribution in [-0.4, -0.2) is 54.0 Å². The highest BCUT2D eigenvalue weighted by Crippen LogP contribution is 2.44. The Labute approximate surface area is 191 Å². The van der Waals surface area contributed by atoms with Crippen LogP contribution in [0.25, 0.3) is 0 Å². The molecule has 0 saturated carbocycles. The van der Waals surface area contributed by atoms with E-state index in [0.29, 0.717) is 13.1 Å². The zero-order valence-corrected chi connectivity index (χ0v) is 19.3. The lowest BCUT2D eigenvalue weighted by atomic mass is 9.71. The molecule has 2 heterocycles. The minimum Gasteiger partial charge on any atom is -0.354 e. The highest BCUT2D eigenvalue weighted by atomic mass is 16.2. The van der Waals surface area contributed by atoms with Gasteiger partial charge >= 0.3 is 6.03 Å². The van der Waals surface area contributed by atoms with E-state index in [1.807, 2.05) is 55.1 Å². The van der Waals surface area contributed by atoms with Crippen molar-refractivity contribution in [2.75, 3.05) is 31.5 Å². The fourth-order valence-electron chi connectivity index (χ4n) is 5.03. The summed E-state index contributed by atoms with van der Waals surface area (Å²) in [7, 11) is 0. The summed E-state index contributed by atoms with van der Waals surface area (Å²) in [6.07, 6.45) is 0.931. The molecule has 0 aliphatic carbocycles. The van der Waals surface area contributed by atoms with Crippen LogP contribution >= 0.6 is 0 Å². The number of hydrogen-bond donors (Lipinski definition) is 2. The minimum atomic E-state index is -0.184. The number of hydrogen-bond acceptors (Lipinski definition) is 3.